The Morgan fingerprint density at radius 3 is 2.64 bits per heavy atom. The normalized spacial score (nSPS) is 11.3. The zero-order valence-corrected chi connectivity index (χ0v) is 11.9. The summed E-state index contributed by atoms with van der Waals surface area (Å²) in [6.07, 6.45) is 0. The van der Waals surface area contributed by atoms with E-state index in [1.165, 1.54) is 0 Å². The van der Waals surface area contributed by atoms with Crippen LogP contribution in [-0.4, -0.2) is 10.1 Å². The Morgan fingerprint density at radius 1 is 1.09 bits per heavy atom. The maximum Gasteiger partial charge on any atom is 0.360 e. The van der Waals surface area contributed by atoms with Crippen LogP contribution in [0, 0.1) is 6.92 Å². The molecule has 22 heavy (non-hydrogen) atoms. The predicted octanol–water partition coefficient (Wildman–Crippen LogP) is 3.96. The molecule has 2 aromatic carbocycles. The number of benzene rings is 2. The number of hydrogen-bond donors (Lipinski definition) is 2. The summed E-state index contributed by atoms with van der Waals surface area (Å²) in [6.45, 7) is 1.96. The van der Waals surface area contributed by atoms with E-state index in [1.807, 2.05) is 49.4 Å². The van der Waals surface area contributed by atoms with Crippen LogP contribution in [0.25, 0.3) is 33.1 Å². The number of hydrogen-bond acceptors (Lipinski definition) is 3. The van der Waals surface area contributed by atoms with Crippen molar-refractivity contribution in [3.8, 4) is 17.0 Å². The van der Waals surface area contributed by atoms with Crippen LogP contribution in [0.2, 0.25) is 0 Å². The van der Waals surface area contributed by atoms with E-state index in [0.29, 0.717) is 16.7 Å². The number of H-pyrrole nitrogens is 1. The molecule has 2 heterocycles. The topological polar surface area (TPSA) is 66.2 Å². The second-order valence-electron chi connectivity index (χ2n) is 5.35. The van der Waals surface area contributed by atoms with E-state index in [-0.39, 0.29) is 11.3 Å². The van der Waals surface area contributed by atoms with Crippen molar-refractivity contribution in [2.24, 2.45) is 0 Å². The smallest absolute Gasteiger partial charge is 0.360 e. The van der Waals surface area contributed by atoms with Gasteiger partial charge in [-0.05, 0) is 19.1 Å². The molecule has 0 bridgehead atoms. The van der Waals surface area contributed by atoms with Crippen LogP contribution in [0.1, 0.15) is 5.56 Å². The molecule has 4 heteroatoms. The summed E-state index contributed by atoms with van der Waals surface area (Å²) in [7, 11) is 0. The Kier molecular flexibility index (Phi) is 2.60. The predicted molar refractivity (Wildman–Crippen MR) is 86.2 cm³/mol. The molecule has 0 radical (unpaired) electrons. The fourth-order valence-electron chi connectivity index (χ4n) is 2.80. The molecule has 2 aromatic heterocycles. The average Bonchev–Trinajstić information content (AvgIpc) is 2.88. The highest BCUT2D eigenvalue weighted by Gasteiger charge is 2.18. The second kappa shape index (κ2) is 4.49. The number of aromatic nitrogens is 1. The average molecular weight is 291 g/mol. The molecule has 0 unspecified atom stereocenters. The first-order valence-electron chi connectivity index (χ1n) is 6.98. The molecule has 0 saturated heterocycles. The van der Waals surface area contributed by atoms with Crippen LogP contribution < -0.4 is 5.63 Å². The van der Waals surface area contributed by atoms with Crippen molar-refractivity contribution in [2.45, 2.75) is 6.92 Å². The monoisotopic (exact) mass is 291 g/mol. The molecule has 4 aromatic rings. The molecule has 4 rings (SSSR count). The van der Waals surface area contributed by atoms with Crippen LogP contribution >= 0.6 is 0 Å². The largest absolute Gasteiger partial charge is 0.505 e. The van der Waals surface area contributed by atoms with E-state index in [0.717, 1.165) is 16.5 Å². The van der Waals surface area contributed by atoms with Gasteiger partial charge < -0.3 is 14.5 Å². The van der Waals surface area contributed by atoms with E-state index in [4.69, 9.17) is 4.42 Å². The lowest BCUT2D eigenvalue weighted by molar-refractivity contribution is 0.483. The lowest BCUT2D eigenvalue weighted by Gasteiger charge is -2.01. The lowest BCUT2D eigenvalue weighted by Crippen LogP contribution is -1.99. The molecular weight excluding hydrogens is 278 g/mol. The maximum atomic E-state index is 12.2. The number of aromatic amines is 1. The molecule has 0 aliphatic heterocycles. The van der Waals surface area contributed by atoms with Gasteiger partial charge in [0.05, 0.1) is 11.1 Å². The molecule has 0 spiro atoms. The van der Waals surface area contributed by atoms with E-state index >= 15 is 0 Å². The van der Waals surface area contributed by atoms with Gasteiger partial charge in [-0.2, -0.15) is 0 Å². The first kappa shape index (κ1) is 12.7. The van der Waals surface area contributed by atoms with Crippen molar-refractivity contribution < 1.29 is 9.52 Å². The Balaban J connectivity index is 2.18. The number of nitrogens with one attached hydrogen (secondary N) is 1. The van der Waals surface area contributed by atoms with Gasteiger partial charge in [0.25, 0.3) is 0 Å². The van der Waals surface area contributed by atoms with E-state index < -0.39 is 5.63 Å². The molecule has 108 valence electrons. The van der Waals surface area contributed by atoms with Crippen molar-refractivity contribution in [3.05, 3.63) is 64.5 Å². The third-order valence-electron chi connectivity index (χ3n) is 3.85. The summed E-state index contributed by atoms with van der Waals surface area (Å²) in [5.74, 6) is 0.0738. The molecule has 0 aliphatic carbocycles. The van der Waals surface area contributed by atoms with Crippen LogP contribution in [0.15, 0.2) is 57.7 Å². The summed E-state index contributed by atoms with van der Waals surface area (Å²) < 4.78 is 5.34. The zero-order chi connectivity index (χ0) is 15.3. The minimum Gasteiger partial charge on any atom is -0.505 e. The first-order chi connectivity index (χ1) is 10.6. The molecule has 0 saturated carbocycles. The van der Waals surface area contributed by atoms with Crippen molar-refractivity contribution in [1.82, 2.24) is 4.98 Å². The Morgan fingerprint density at radius 2 is 1.86 bits per heavy atom. The highest BCUT2D eigenvalue weighted by molar-refractivity contribution is 6.10. The van der Waals surface area contributed by atoms with Gasteiger partial charge in [-0.3, -0.25) is 0 Å². The van der Waals surface area contributed by atoms with Crippen molar-refractivity contribution in [3.63, 3.8) is 0 Å². The van der Waals surface area contributed by atoms with E-state index in [2.05, 4.69) is 4.98 Å². The Bertz CT molecular complexity index is 1060. The molecule has 2 N–H and O–H groups in total. The highest BCUT2D eigenvalue weighted by Crippen LogP contribution is 2.38. The van der Waals surface area contributed by atoms with Crippen LogP contribution in [0.3, 0.4) is 0 Å². The third-order valence-corrected chi connectivity index (χ3v) is 3.85. The molecule has 0 amide bonds. The fourth-order valence-corrected chi connectivity index (χ4v) is 2.80. The van der Waals surface area contributed by atoms with Crippen molar-refractivity contribution in [1.29, 1.82) is 0 Å². The van der Waals surface area contributed by atoms with Crippen LogP contribution in [0.5, 0.6) is 5.75 Å². The van der Waals surface area contributed by atoms with Gasteiger partial charge in [0.1, 0.15) is 16.8 Å². The lowest BCUT2D eigenvalue weighted by atomic mass is 10.1. The Hall–Kier alpha value is -3.01. The summed E-state index contributed by atoms with van der Waals surface area (Å²) >= 11 is 0. The molecule has 0 aliphatic rings. The van der Waals surface area contributed by atoms with Crippen LogP contribution in [-0.2, 0) is 0 Å². The van der Waals surface area contributed by atoms with Gasteiger partial charge in [-0.15, -0.1) is 0 Å². The third kappa shape index (κ3) is 1.74. The number of aryl methyl sites for hydroxylation is 1. The van der Waals surface area contributed by atoms with Crippen molar-refractivity contribution in [2.75, 3.05) is 0 Å². The molecule has 4 nitrogen and oxygen atoms in total. The number of aromatic hydroxyl groups is 1. The number of fused-ring (bicyclic) bond motifs is 3. The summed E-state index contributed by atoms with van der Waals surface area (Å²) in [4.78, 5) is 15.2. The van der Waals surface area contributed by atoms with E-state index in [9.17, 15) is 9.90 Å². The zero-order valence-electron chi connectivity index (χ0n) is 11.9. The van der Waals surface area contributed by atoms with Crippen LogP contribution in [0.4, 0.5) is 0 Å². The minimum absolute atomic E-state index is 0.0738. The molecule has 0 fully saturated rings. The molecular formula is C18H13NO3. The quantitative estimate of drug-likeness (QED) is 0.522. The van der Waals surface area contributed by atoms with Gasteiger partial charge in [0.2, 0.25) is 0 Å². The molecule has 0 atom stereocenters. The van der Waals surface area contributed by atoms with Gasteiger partial charge >= 0.3 is 5.63 Å². The Labute approximate surface area is 125 Å². The summed E-state index contributed by atoms with van der Waals surface area (Å²) in [6, 6.07) is 14.9. The summed E-state index contributed by atoms with van der Waals surface area (Å²) in [5, 5.41) is 11.9. The summed E-state index contributed by atoms with van der Waals surface area (Å²) in [5.41, 5.74) is 2.65. The maximum absolute atomic E-state index is 12.2. The van der Waals surface area contributed by atoms with Gasteiger partial charge in [-0.25, -0.2) is 4.79 Å². The van der Waals surface area contributed by atoms with Crippen molar-refractivity contribution >= 4 is 21.9 Å². The first-order valence-corrected chi connectivity index (χ1v) is 6.98. The second-order valence-corrected chi connectivity index (χ2v) is 5.35. The van der Waals surface area contributed by atoms with Gasteiger partial charge in [0.15, 0.2) is 0 Å². The van der Waals surface area contributed by atoms with Gasteiger partial charge in [0, 0.05) is 10.9 Å². The highest BCUT2D eigenvalue weighted by atomic mass is 16.4. The minimum atomic E-state index is -0.483. The van der Waals surface area contributed by atoms with E-state index in [1.54, 1.807) is 6.07 Å². The fraction of sp³-hybridized carbons (Fsp3) is 0.0556. The number of rotatable bonds is 1. The standard InChI is InChI=1S/C18H13NO3/c1-10-7-8-13-12(9-10)14-16(18(21)22-13)19-15(17(14)20)11-5-3-2-4-6-11/h2-9,19-20H,1H3. The van der Waals surface area contributed by atoms with Gasteiger partial charge in [-0.1, -0.05) is 42.0 Å². The SMILES string of the molecule is Cc1ccc2oc(=O)c3[nH]c(-c4ccccc4)c(O)c3c2c1.